The molecule has 3 aliphatic rings. The number of anilines is 1. The predicted octanol–water partition coefficient (Wildman–Crippen LogP) is 3.40. The molecule has 0 spiro atoms. The maximum atomic E-state index is 13.3. The van der Waals surface area contributed by atoms with Crippen molar-refractivity contribution in [2.45, 2.75) is 43.1 Å². The molecule has 5 heterocycles. The Bertz CT molecular complexity index is 1190. The van der Waals surface area contributed by atoms with E-state index in [4.69, 9.17) is 14.2 Å². The number of H-pyrrole nitrogens is 1. The molecule has 8 nitrogen and oxygen atoms in total. The second-order valence-corrected chi connectivity index (χ2v) is 8.78. The number of ether oxygens (including phenoxy) is 3. The molecular formula is C22H21F3N4O4. The molecule has 3 N–H and O–H groups in total. The zero-order chi connectivity index (χ0) is 22.8. The standard InChI is InChI=1S/C22H21F3N4O4/c23-22(24,25)16-5-13-19(28-16)26-10-27-20(13)29-18-12-3-1-2-4-15(12)31-9-14(18)21(30)6-11-8-32-17(7-21)33-11/h1-5,10-11,14,17-18,30H,6-9H2,(H2,26,27,28,29)/t11-,14+,17+,18+,21-/m1/s1. The van der Waals surface area contributed by atoms with Gasteiger partial charge in [0, 0.05) is 24.3 Å². The Morgan fingerprint density at radius 3 is 2.82 bits per heavy atom. The summed E-state index contributed by atoms with van der Waals surface area (Å²) in [6, 6.07) is 7.93. The number of benzene rings is 1. The second kappa shape index (κ2) is 7.31. The summed E-state index contributed by atoms with van der Waals surface area (Å²) in [6.45, 7) is 0.644. The van der Waals surface area contributed by atoms with Gasteiger partial charge in [-0.3, -0.25) is 0 Å². The number of hydrogen-bond acceptors (Lipinski definition) is 7. The lowest BCUT2D eigenvalue weighted by molar-refractivity contribution is -0.182. The summed E-state index contributed by atoms with van der Waals surface area (Å²) in [7, 11) is 0. The molecule has 0 unspecified atom stereocenters. The molecule has 6 rings (SSSR count). The fourth-order valence-corrected chi connectivity index (χ4v) is 5.15. The fraction of sp³-hybridized carbons (Fsp3) is 0.455. The normalized spacial score (nSPS) is 31.3. The minimum Gasteiger partial charge on any atom is -0.493 e. The lowest BCUT2D eigenvalue weighted by Gasteiger charge is -2.46. The highest BCUT2D eigenvalue weighted by Crippen LogP contribution is 2.48. The Hall–Kier alpha value is -2.89. The average molecular weight is 462 g/mol. The SMILES string of the molecule is O[C@]1([C@H]2COc3ccccc3[C@@H]2Nc2ncnc3[nH]c(C(F)(F)F)cc23)C[C@@H]2CO[C@H](C1)O2. The first-order chi connectivity index (χ1) is 15.8. The van der Waals surface area contributed by atoms with Gasteiger partial charge >= 0.3 is 6.18 Å². The molecule has 0 amide bonds. The molecule has 2 bridgehead atoms. The van der Waals surface area contributed by atoms with E-state index in [0.29, 0.717) is 18.8 Å². The number of fused-ring (bicyclic) bond motifs is 4. The molecule has 3 aromatic rings. The van der Waals surface area contributed by atoms with E-state index in [9.17, 15) is 18.3 Å². The summed E-state index contributed by atoms with van der Waals surface area (Å²) < 4.78 is 57.1. The van der Waals surface area contributed by atoms with E-state index in [-0.39, 0.29) is 36.0 Å². The van der Waals surface area contributed by atoms with Crippen LogP contribution in [0.3, 0.4) is 0 Å². The van der Waals surface area contributed by atoms with Gasteiger partial charge in [-0.05, 0) is 12.1 Å². The van der Waals surface area contributed by atoms with Gasteiger partial charge in [-0.1, -0.05) is 18.2 Å². The summed E-state index contributed by atoms with van der Waals surface area (Å²) >= 11 is 0. The summed E-state index contributed by atoms with van der Waals surface area (Å²) in [5.74, 6) is 0.471. The molecule has 3 aliphatic heterocycles. The van der Waals surface area contributed by atoms with Gasteiger partial charge in [0.05, 0.1) is 36.3 Å². The van der Waals surface area contributed by atoms with E-state index >= 15 is 0 Å². The van der Waals surface area contributed by atoms with Crippen LogP contribution in [-0.2, 0) is 15.7 Å². The quantitative estimate of drug-likeness (QED) is 0.548. The van der Waals surface area contributed by atoms with Gasteiger partial charge in [-0.15, -0.1) is 0 Å². The van der Waals surface area contributed by atoms with Crippen LogP contribution in [-0.4, -0.2) is 51.3 Å². The zero-order valence-corrected chi connectivity index (χ0v) is 17.3. The number of alkyl halides is 3. The predicted molar refractivity (Wildman–Crippen MR) is 109 cm³/mol. The highest BCUT2D eigenvalue weighted by atomic mass is 19.4. The van der Waals surface area contributed by atoms with Crippen LogP contribution in [0, 0.1) is 5.92 Å². The fourth-order valence-electron chi connectivity index (χ4n) is 5.15. The number of nitrogens with zero attached hydrogens (tertiary/aromatic N) is 2. The van der Waals surface area contributed by atoms with Gasteiger partial charge in [0.15, 0.2) is 6.29 Å². The first-order valence-electron chi connectivity index (χ1n) is 10.7. The molecule has 1 aromatic carbocycles. The van der Waals surface area contributed by atoms with E-state index in [0.717, 1.165) is 11.6 Å². The zero-order valence-electron chi connectivity index (χ0n) is 17.3. The van der Waals surface area contributed by atoms with Gasteiger partial charge in [0.1, 0.15) is 29.2 Å². The summed E-state index contributed by atoms with van der Waals surface area (Å²) in [5.41, 5.74) is -1.19. The van der Waals surface area contributed by atoms with Crippen LogP contribution in [0.15, 0.2) is 36.7 Å². The van der Waals surface area contributed by atoms with Crippen LogP contribution >= 0.6 is 0 Å². The number of halogens is 3. The largest absolute Gasteiger partial charge is 0.493 e. The van der Waals surface area contributed by atoms with Crippen molar-refractivity contribution in [2.75, 3.05) is 18.5 Å². The molecule has 2 saturated heterocycles. The monoisotopic (exact) mass is 462 g/mol. The van der Waals surface area contributed by atoms with Gasteiger partial charge in [-0.25, -0.2) is 9.97 Å². The first-order valence-corrected chi connectivity index (χ1v) is 10.7. The number of aromatic amines is 1. The molecule has 0 radical (unpaired) electrons. The number of aliphatic hydroxyl groups is 1. The van der Waals surface area contributed by atoms with Crippen molar-refractivity contribution in [3.8, 4) is 5.75 Å². The maximum absolute atomic E-state index is 13.3. The van der Waals surface area contributed by atoms with Crippen molar-refractivity contribution in [2.24, 2.45) is 5.92 Å². The van der Waals surface area contributed by atoms with Gasteiger partial charge in [0.2, 0.25) is 0 Å². The van der Waals surface area contributed by atoms with Crippen LogP contribution < -0.4 is 10.1 Å². The lowest BCUT2D eigenvalue weighted by Crippen LogP contribution is -2.53. The maximum Gasteiger partial charge on any atom is 0.431 e. The van der Waals surface area contributed by atoms with E-state index in [1.54, 1.807) is 0 Å². The van der Waals surface area contributed by atoms with Crippen LogP contribution in [0.1, 0.15) is 30.1 Å². The number of para-hydroxylation sites is 1. The second-order valence-electron chi connectivity index (χ2n) is 8.78. The Morgan fingerprint density at radius 2 is 2.00 bits per heavy atom. The van der Waals surface area contributed by atoms with Crippen LogP contribution in [0.5, 0.6) is 5.75 Å². The highest BCUT2D eigenvalue weighted by molar-refractivity contribution is 5.88. The Labute approximate surface area is 186 Å². The van der Waals surface area contributed by atoms with Gasteiger partial charge in [0.25, 0.3) is 0 Å². The summed E-state index contributed by atoms with van der Waals surface area (Å²) in [6.07, 6.45) is -3.38. The molecule has 2 aromatic heterocycles. The average Bonchev–Trinajstić information content (AvgIpc) is 3.38. The van der Waals surface area contributed by atoms with Crippen molar-refractivity contribution in [3.05, 3.63) is 47.9 Å². The number of hydrogen-bond donors (Lipinski definition) is 3. The summed E-state index contributed by atoms with van der Waals surface area (Å²) in [4.78, 5) is 10.5. The van der Waals surface area contributed by atoms with Crippen molar-refractivity contribution < 1.29 is 32.5 Å². The third-order valence-corrected chi connectivity index (χ3v) is 6.70. The third-order valence-electron chi connectivity index (χ3n) is 6.70. The molecule has 33 heavy (non-hydrogen) atoms. The van der Waals surface area contributed by atoms with Crippen molar-refractivity contribution in [1.82, 2.24) is 15.0 Å². The Kier molecular flexibility index (Phi) is 4.58. The number of rotatable bonds is 3. The smallest absolute Gasteiger partial charge is 0.431 e. The van der Waals surface area contributed by atoms with Crippen molar-refractivity contribution in [1.29, 1.82) is 0 Å². The number of aromatic nitrogens is 3. The molecular weight excluding hydrogens is 441 g/mol. The van der Waals surface area contributed by atoms with Crippen LogP contribution in [0.2, 0.25) is 0 Å². The molecule has 2 fully saturated rings. The molecule has 0 aliphatic carbocycles. The molecule has 5 atom stereocenters. The lowest BCUT2D eigenvalue weighted by atomic mass is 9.73. The van der Waals surface area contributed by atoms with Crippen LogP contribution in [0.25, 0.3) is 11.0 Å². The Morgan fingerprint density at radius 1 is 1.15 bits per heavy atom. The van der Waals surface area contributed by atoms with E-state index < -0.39 is 35.7 Å². The molecule has 174 valence electrons. The van der Waals surface area contributed by atoms with Gasteiger partial charge in [-0.2, -0.15) is 13.2 Å². The van der Waals surface area contributed by atoms with E-state index in [1.807, 2.05) is 24.3 Å². The summed E-state index contributed by atoms with van der Waals surface area (Å²) in [5, 5.41) is 15.2. The minimum atomic E-state index is -4.54. The molecule has 0 saturated carbocycles. The highest BCUT2D eigenvalue weighted by Gasteiger charge is 2.53. The Balaban J connectivity index is 1.41. The minimum absolute atomic E-state index is 0.0768. The van der Waals surface area contributed by atoms with Crippen molar-refractivity contribution in [3.63, 3.8) is 0 Å². The van der Waals surface area contributed by atoms with Crippen molar-refractivity contribution >= 4 is 16.9 Å². The van der Waals surface area contributed by atoms with E-state index in [2.05, 4.69) is 20.3 Å². The number of nitrogens with one attached hydrogen (secondary N) is 2. The third kappa shape index (κ3) is 3.51. The first kappa shape index (κ1) is 20.7. The van der Waals surface area contributed by atoms with Gasteiger partial charge < -0.3 is 29.6 Å². The molecule has 11 heteroatoms. The topological polar surface area (TPSA) is 102 Å². The van der Waals surface area contributed by atoms with Crippen LogP contribution in [0.4, 0.5) is 19.0 Å². The van der Waals surface area contributed by atoms with E-state index in [1.165, 1.54) is 6.33 Å².